The highest BCUT2D eigenvalue weighted by molar-refractivity contribution is 6.30. The van der Waals surface area contributed by atoms with Gasteiger partial charge in [-0.3, -0.25) is 4.98 Å². The third-order valence-corrected chi connectivity index (χ3v) is 3.41. The number of halogens is 1. The van der Waals surface area contributed by atoms with Crippen molar-refractivity contribution in [2.24, 2.45) is 0 Å². The predicted octanol–water partition coefficient (Wildman–Crippen LogP) is 3.86. The lowest BCUT2D eigenvalue weighted by Crippen LogP contribution is -2.38. The van der Waals surface area contributed by atoms with Crippen LogP contribution in [0.2, 0.25) is 5.02 Å². The van der Waals surface area contributed by atoms with Crippen molar-refractivity contribution >= 4 is 17.6 Å². The smallest absolute Gasteiger partial charge is 0.315 e. The van der Waals surface area contributed by atoms with Gasteiger partial charge in [0.25, 0.3) is 0 Å². The minimum atomic E-state index is -0.236. The molecule has 0 unspecified atom stereocenters. The Morgan fingerprint density at radius 2 is 1.86 bits per heavy atom. The summed E-state index contributed by atoms with van der Waals surface area (Å²) in [6.45, 7) is 3.81. The fraction of sp³-hybridized carbons (Fsp3) is 0.250. The maximum atomic E-state index is 12.0. The van der Waals surface area contributed by atoms with E-state index in [2.05, 4.69) is 15.6 Å². The van der Waals surface area contributed by atoms with Gasteiger partial charge in [0.05, 0.1) is 17.8 Å². The molecule has 2 atom stereocenters. The van der Waals surface area contributed by atoms with Crippen LogP contribution in [0.25, 0.3) is 0 Å². The molecule has 4 nitrogen and oxygen atoms in total. The molecule has 0 saturated heterocycles. The monoisotopic (exact) mass is 303 g/mol. The molecule has 0 aliphatic carbocycles. The van der Waals surface area contributed by atoms with Gasteiger partial charge in [-0.25, -0.2) is 4.79 Å². The molecule has 110 valence electrons. The zero-order chi connectivity index (χ0) is 15.2. The molecular weight excluding hydrogens is 286 g/mol. The molecule has 2 N–H and O–H groups in total. The van der Waals surface area contributed by atoms with E-state index < -0.39 is 0 Å². The molecule has 0 spiro atoms. The Balaban J connectivity index is 1.92. The average Bonchev–Trinajstić information content (AvgIpc) is 2.48. The molecule has 0 aliphatic heterocycles. The number of hydrogen-bond acceptors (Lipinski definition) is 2. The third kappa shape index (κ3) is 4.46. The number of hydrogen-bond donors (Lipinski definition) is 2. The van der Waals surface area contributed by atoms with E-state index in [4.69, 9.17) is 11.6 Å². The number of pyridine rings is 1. The SMILES string of the molecule is C[C@H](NC(=O)N[C@H](C)c1cccc(Cl)c1)c1ccccn1. The molecule has 0 fully saturated rings. The molecule has 1 aromatic heterocycles. The summed E-state index contributed by atoms with van der Waals surface area (Å²) in [5, 5.41) is 6.41. The summed E-state index contributed by atoms with van der Waals surface area (Å²) >= 11 is 5.95. The highest BCUT2D eigenvalue weighted by Gasteiger charge is 2.13. The van der Waals surface area contributed by atoms with Crippen LogP contribution in [0.5, 0.6) is 0 Å². The van der Waals surface area contributed by atoms with Gasteiger partial charge in [-0.05, 0) is 43.7 Å². The zero-order valence-corrected chi connectivity index (χ0v) is 12.8. The first-order chi connectivity index (χ1) is 10.1. The van der Waals surface area contributed by atoms with Crippen molar-refractivity contribution in [3.63, 3.8) is 0 Å². The van der Waals surface area contributed by atoms with Crippen molar-refractivity contribution in [2.75, 3.05) is 0 Å². The topological polar surface area (TPSA) is 54.0 Å². The molecule has 1 aromatic carbocycles. The number of benzene rings is 1. The molecule has 5 heteroatoms. The highest BCUT2D eigenvalue weighted by Crippen LogP contribution is 2.17. The Bertz CT molecular complexity index is 603. The third-order valence-electron chi connectivity index (χ3n) is 3.18. The quantitative estimate of drug-likeness (QED) is 0.901. The summed E-state index contributed by atoms with van der Waals surface area (Å²) in [7, 11) is 0. The lowest BCUT2D eigenvalue weighted by molar-refractivity contribution is 0.234. The first-order valence-corrected chi connectivity index (χ1v) is 7.17. The number of urea groups is 1. The standard InChI is InChI=1S/C16H18ClN3O/c1-11(13-6-5-7-14(17)10-13)19-16(21)20-12(2)15-8-3-4-9-18-15/h3-12H,1-2H3,(H2,19,20,21)/t11-,12+/m1/s1. The van der Waals surface area contributed by atoms with Crippen LogP contribution < -0.4 is 10.6 Å². The second kappa shape index (κ2) is 7.09. The van der Waals surface area contributed by atoms with Gasteiger partial charge in [0.2, 0.25) is 0 Å². The van der Waals surface area contributed by atoms with E-state index >= 15 is 0 Å². The van der Waals surface area contributed by atoms with E-state index in [-0.39, 0.29) is 18.1 Å². The summed E-state index contributed by atoms with van der Waals surface area (Å²) < 4.78 is 0. The fourth-order valence-corrected chi connectivity index (χ4v) is 2.20. The van der Waals surface area contributed by atoms with Crippen LogP contribution in [0.15, 0.2) is 48.7 Å². The van der Waals surface area contributed by atoms with Crippen molar-refractivity contribution in [1.29, 1.82) is 0 Å². The Kier molecular flexibility index (Phi) is 5.17. The van der Waals surface area contributed by atoms with Crippen LogP contribution in [0.4, 0.5) is 4.79 Å². The predicted molar refractivity (Wildman–Crippen MR) is 84.2 cm³/mol. The lowest BCUT2D eigenvalue weighted by Gasteiger charge is -2.18. The average molecular weight is 304 g/mol. The number of aromatic nitrogens is 1. The van der Waals surface area contributed by atoms with Gasteiger partial charge in [0.15, 0.2) is 0 Å². The molecule has 2 amide bonds. The Labute approximate surface area is 129 Å². The second-order valence-electron chi connectivity index (χ2n) is 4.87. The van der Waals surface area contributed by atoms with Crippen molar-refractivity contribution in [2.45, 2.75) is 25.9 Å². The minimum absolute atomic E-state index is 0.125. The molecule has 21 heavy (non-hydrogen) atoms. The number of rotatable bonds is 4. The second-order valence-corrected chi connectivity index (χ2v) is 5.31. The van der Waals surface area contributed by atoms with Gasteiger partial charge in [-0.2, -0.15) is 0 Å². The molecule has 0 saturated carbocycles. The summed E-state index contributed by atoms with van der Waals surface area (Å²) in [4.78, 5) is 16.2. The van der Waals surface area contributed by atoms with Gasteiger partial charge in [0, 0.05) is 11.2 Å². The van der Waals surface area contributed by atoms with Crippen molar-refractivity contribution < 1.29 is 4.79 Å². The van der Waals surface area contributed by atoms with Crippen LogP contribution in [0, 0.1) is 0 Å². The van der Waals surface area contributed by atoms with E-state index in [1.165, 1.54) is 0 Å². The van der Waals surface area contributed by atoms with E-state index in [9.17, 15) is 4.79 Å². The van der Waals surface area contributed by atoms with Gasteiger partial charge in [-0.1, -0.05) is 29.8 Å². The van der Waals surface area contributed by atoms with Gasteiger partial charge >= 0.3 is 6.03 Å². The number of carbonyl (C=O) groups excluding carboxylic acids is 1. The minimum Gasteiger partial charge on any atom is -0.332 e. The van der Waals surface area contributed by atoms with Crippen LogP contribution in [-0.2, 0) is 0 Å². The lowest BCUT2D eigenvalue weighted by atomic mass is 10.1. The van der Waals surface area contributed by atoms with Crippen molar-refractivity contribution in [3.05, 3.63) is 64.9 Å². The number of carbonyl (C=O) groups is 1. The molecule has 1 heterocycles. The first-order valence-electron chi connectivity index (χ1n) is 6.79. The Morgan fingerprint density at radius 3 is 2.52 bits per heavy atom. The molecule has 0 bridgehead atoms. The largest absolute Gasteiger partial charge is 0.332 e. The van der Waals surface area contributed by atoms with E-state index in [1.54, 1.807) is 12.3 Å². The van der Waals surface area contributed by atoms with Crippen LogP contribution in [0.3, 0.4) is 0 Å². The summed E-state index contributed by atoms with van der Waals surface area (Å²) in [6, 6.07) is 12.5. The summed E-state index contributed by atoms with van der Waals surface area (Å²) in [5.74, 6) is 0. The van der Waals surface area contributed by atoms with E-state index in [1.807, 2.05) is 50.2 Å². The Morgan fingerprint density at radius 1 is 1.10 bits per heavy atom. The Hall–Kier alpha value is -2.07. The summed E-state index contributed by atoms with van der Waals surface area (Å²) in [5.41, 5.74) is 1.78. The van der Waals surface area contributed by atoms with Gasteiger partial charge in [-0.15, -0.1) is 0 Å². The molecule has 0 radical (unpaired) electrons. The normalized spacial score (nSPS) is 13.3. The van der Waals surface area contributed by atoms with Gasteiger partial charge < -0.3 is 10.6 Å². The highest BCUT2D eigenvalue weighted by atomic mass is 35.5. The molecular formula is C16H18ClN3O. The molecule has 2 aromatic rings. The van der Waals surface area contributed by atoms with Crippen molar-refractivity contribution in [3.8, 4) is 0 Å². The van der Waals surface area contributed by atoms with E-state index in [0.717, 1.165) is 11.3 Å². The first kappa shape index (κ1) is 15.3. The van der Waals surface area contributed by atoms with Crippen LogP contribution in [-0.4, -0.2) is 11.0 Å². The zero-order valence-electron chi connectivity index (χ0n) is 12.0. The maximum absolute atomic E-state index is 12.0. The molecule has 2 rings (SSSR count). The summed E-state index contributed by atoms with van der Waals surface area (Å²) in [6.07, 6.45) is 1.71. The van der Waals surface area contributed by atoms with Gasteiger partial charge in [0.1, 0.15) is 0 Å². The number of amides is 2. The number of nitrogens with zero attached hydrogens (tertiary/aromatic N) is 1. The maximum Gasteiger partial charge on any atom is 0.315 e. The van der Waals surface area contributed by atoms with Crippen LogP contribution >= 0.6 is 11.6 Å². The van der Waals surface area contributed by atoms with E-state index in [0.29, 0.717) is 5.02 Å². The van der Waals surface area contributed by atoms with Crippen LogP contribution in [0.1, 0.15) is 37.2 Å². The fourth-order valence-electron chi connectivity index (χ4n) is 2.00. The van der Waals surface area contributed by atoms with Crippen molar-refractivity contribution in [1.82, 2.24) is 15.6 Å². The number of nitrogens with one attached hydrogen (secondary N) is 2. The molecule has 0 aliphatic rings.